The number of amides is 1. The zero-order chi connectivity index (χ0) is 9.84. The van der Waals surface area contributed by atoms with E-state index in [0.717, 1.165) is 5.06 Å². The molecule has 0 aliphatic rings. The van der Waals surface area contributed by atoms with Gasteiger partial charge in [0.15, 0.2) is 6.39 Å². The second-order valence-electron chi connectivity index (χ2n) is 2.18. The maximum absolute atomic E-state index is 11.5. The SMILES string of the molecule is CON(C)C(=O)c1ocnc1SC. The van der Waals surface area contributed by atoms with Crippen molar-refractivity contribution in [3.05, 3.63) is 12.2 Å². The van der Waals surface area contributed by atoms with Crippen LogP contribution in [0.1, 0.15) is 10.6 Å². The number of nitrogens with zero attached hydrogens (tertiary/aromatic N) is 2. The van der Waals surface area contributed by atoms with Crippen molar-refractivity contribution < 1.29 is 14.0 Å². The third-order valence-corrected chi connectivity index (χ3v) is 2.16. The van der Waals surface area contributed by atoms with Crippen molar-refractivity contribution in [2.24, 2.45) is 0 Å². The van der Waals surface area contributed by atoms with Crippen LogP contribution in [0.15, 0.2) is 15.8 Å². The van der Waals surface area contributed by atoms with Gasteiger partial charge in [-0.2, -0.15) is 0 Å². The van der Waals surface area contributed by atoms with Crippen LogP contribution < -0.4 is 0 Å². The van der Waals surface area contributed by atoms with E-state index in [2.05, 4.69) is 4.98 Å². The Hall–Kier alpha value is -1.01. The lowest BCUT2D eigenvalue weighted by Crippen LogP contribution is -2.25. The molecule has 1 aromatic heterocycles. The summed E-state index contributed by atoms with van der Waals surface area (Å²) in [4.78, 5) is 20.1. The van der Waals surface area contributed by atoms with E-state index in [1.54, 1.807) is 0 Å². The second-order valence-corrected chi connectivity index (χ2v) is 2.97. The molecule has 72 valence electrons. The summed E-state index contributed by atoms with van der Waals surface area (Å²) in [7, 11) is 2.92. The summed E-state index contributed by atoms with van der Waals surface area (Å²) >= 11 is 1.35. The van der Waals surface area contributed by atoms with Crippen molar-refractivity contribution >= 4 is 17.7 Å². The number of hydrogen-bond donors (Lipinski definition) is 0. The Morgan fingerprint density at radius 2 is 2.46 bits per heavy atom. The van der Waals surface area contributed by atoms with E-state index in [1.165, 1.54) is 32.3 Å². The smallest absolute Gasteiger partial charge is 0.315 e. The molecule has 0 N–H and O–H groups in total. The molecule has 0 saturated heterocycles. The molecular weight excluding hydrogens is 192 g/mol. The minimum Gasteiger partial charge on any atom is -0.437 e. The number of carbonyl (C=O) groups excluding carboxylic acids is 1. The summed E-state index contributed by atoms with van der Waals surface area (Å²) in [5, 5.41) is 1.65. The predicted molar refractivity (Wildman–Crippen MR) is 47.4 cm³/mol. The first-order chi connectivity index (χ1) is 6.20. The van der Waals surface area contributed by atoms with E-state index < -0.39 is 0 Å². The van der Waals surface area contributed by atoms with Crippen LogP contribution in [0.3, 0.4) is 0 Å². The standard InChI is InChI=1S/C7H10N2O3S/c1-9(11-2)7(10)5-6(13-3)8-4-12-5/h4H,1-3H3. The van der Waals surface area contributed by atoms with E-state index in [0.29, 0.717) is 5.03 Å². The minimum absolute atomic E-state index is 0.205. The van der Waals surface area contributed by atoms with Gasteiger partial charge in [-0.15, -0.1) is 11.8 Å². The Bertz CT molecular complexity index is 300. The largest absolute Gasteiger partial charge is 0.437 e. The number of aromatic nitrogens is 1. The predicted octanol–water partition coefficient (Wildman–Crippen LogP) is 1.03. The summed E-state index contributed by atoms with van der Waals surface area (Å²) in [6.45, 7) is 0. The number of hydroxylamine groups is 2. The second kappa shape index (κ2) is 4.29. The molecule has 0 radical (unpaired) electrons. The minimum atomic E-state index is -0.343. The maximum Gasteiger partial charge on any atom is 0.315 e. The summed E-state index contributed by atoms with van der Waals surface area (Å²) in [5.74, 6) is -0.138. The van der Waals surface area contributed by atoms with Crippen LogP contribution >= 0.6 is 11.8 Å². The maximum atomic E-state index is 11.5. The van der Waals surface area contributed by atoms with Gasteiger partial charge < -0.3 is 4.42 Å². The monoisotopic (exact) mass is 202 g/mol. The van der Waals surface area contributed by atoms with Gasteiger partial charge in [0, 0.05) is 7.05 Å². The molecule has 1 aromatic rings. The Balaban J connectivity index is 2.88. The van der Waals surface area contributed by atoms with Crippen molar-refractivity contribution in [1.82, 2.24) is 10.0 Å². The number of rotatable bonds is 3. The lowest BCUT2D eigenvalue weighted by Gasteiger charge is -2.11. The Morgan fingerprint density at radius 1 is 1.77 bits per heavy atom. The molecule has 0 aromatic carbocycles. The molecule has 0 atom stereocenters. The first kappa shape index (κ1) is 10.1. The zero-order valence-electron chi connectivity index (χ0n) is 7.60. The molecule has 1 amide bonds. The highest BCUT2D eigenvalue weighted by Gasteiger charge is 2.20. The highest BCUT2D eigenvalue weighted by Crippen LogP contribution is 2.19. The topological polar surface area (TPSA) is 55.6 Å². The van der Waals surface area contributed by atoms with E-state index >= 15 is 0 Å². The third kappa shape index (κ3) is 2.02. The average molecular weight is 202 g/mol. The van der Waals surface area contributed by atoms with Crippen molar-refractivity contribution in [2.45, 2.75) is 5.03 Å². The molecule has 0 unspecified atom stereocenters. The molecular formula is C7H10N2O3S. The molecule has 0 aliphatic heterocycles. The molecule has 13 heavy (non-hydrogen) atoms. The van der Waals surface area contributed by atoms with Crippen LogP contribution in [0.4, 0.5) is 0 Å². The van der Waals surface area contributed by atoms with Gasteiger partial charge in [0.05, 0.1) is 7.11 Å². The highest BCUT2D eigenvalue weighted by atomic mass is 32.2. The fourth-order valence-electron chi connectivity index (χ4n) is 0.749. The molecule has 1 rings (SSSR count). The molecule has 6 heteroatoms. The molecule has 1 heterocycles. The summed E-state index contributed by atoms with van der Waals surface area (Å²) < 4.78 is 4.94. The van der Waals surface area contributed by atoms with E-state index in [4.69, 9.17) is 9.25 Å². The van der Waals surface area contributed by atoms with E-state index in [9.17, 15) is 4.79 Å². The molecule has 0 saturated carbocycles. The normalized spacial score (nSPS) is 10.1. The van der Waals surface area contributed by atoms with Gasteiger partial charge in [0.2, 0.25) is 5.76 Å². The lowest BCUT2D eigenvalue weighted by molar-refractivity contribution is -0.0776. The van der Waals surface area contributed by atoms with Gasteiger partial charge in [0.1, 0.15) is 5.03 Å². The Kier molecular flexibility index (Phi) is 3.32. The van der Waals surface area contributed by atoms with Crippen molar-refractivity contribution in [3.8, 4) is 0 Å². The Labute approximate surface area is 80.0 Å². The van der Waals surface area contributed by atoms with Gasteiger partial charge in [-0.05, 0) is 6.26 Å². The van der Waals surface area contributed by atoms with Gasteiger partial charge in [-0.25, -0.2) is 10.0 Å². The van der Waals surface area contributed by atoms with Gasteiger partial charge in [-0.1, -0.05) is 0 Å². The number of thioether (sulfide) groups is 1. The first-order valence-corrected chi connectivity index (χ1v) is 4.72. The number of hydrogen-bond acceptors (Lipinski definition) is 5. The lowest BCUT2D eigenvalue weighted by atomic mass is 10.5. The fourth-order valence-corrected chi connectivity index (χ4v) is 1.22. The van der Waals surface area contributed by atoms with Crippen LogP contribution in [0, 0.1) is 0 Å². The molecule has 5 nitrogen and oxygen atoms in total. The molecule has 0 spiro atoms. The van der Waals surface area contributed by atoms with Crippen LogP contribution in [-0.4, -0.2) is 36.4 Å². The third-order valence-electron chi connectivity index (χ3n) is 1.48. The van der Waals surface area contributed by atoms with Crippen molar-refractivity contribution in [1.29, 1.82) is 0 Å². The molecule has 0 aliphatic carbocycles. The Morgan fingerprint density at radius 3 is 3.00 bits per heavy atom. The average Bonchev–Trinajstić information content (AvgIpc) is 2.62. The van der Waals surface area contributed by atoms with Crippen molar-refractivity contribution in [2.75, 3.05) is 20.4 Å². The van der Waals surface area contributed by atoms with Gasteiger partial charge >= 0.3 is 5.91 Å². The number of oxazole rings is 1. The van der Waals surface area contributed by atoms with Crippen LogP contribution in [0.5, 0.6) is 0 Å². The van der Waals surface area contributed by atoms with Gasteiger partial charge in [0.25, 0.3) is 0 Å². The number of carbonyl (C=O) groups is 1. The summed E-state index contributed by atoms with van der Waals surface area (Å²) in [5.41, 5.74) is 0. The highest BCUT2D eigenvalue weighted by molar-refractivity contribution is 7.98. The quantitative estimate of drug-likeness (QED) is 0.541. The van der Waals surface area contributed by atoms with Crippen LogP contribution in [0.25, 0.3) is 0 Å². The fraction of sp³-hybridized carbons (Fsp3) is 0.429. The zero-order valence-corrected chi connectivity index (χ0v) is 8.42. The van der Waals surface area contributed by atoms with Crippen LogP contribution in [-0.2, 0) is 4.84 Å². The molecule has 0 fully saturated rings. The van der Waals surface area contributed by atoms with E-state index in [1.807, 2.05) is 6.26 Å². The van der Waals surface area contributed by atoms with E-state index in [-0.39, 0.29) is 11.7 Å². The summed E-state index contributed by atoms with van der Waals surface area (Å²) in [6, 6.07) is 0. The van der Waals surface area contributed by atoms with Crippen molar-refractivity contribution in [3.63, 3.8) is 0 Å². The van der Waals surface area contributed by atoms with Crippen LogP contribution in [0.2, 0.25) is 0 Å². The van der Waals surface area contributed by atoms with Gasteiger partial charge in [-0.3, -0.25) is 9.63 Å². The summed E-state index contributed by atoms with van der Waals surface area (Å²) in [6.07, 6.45) is 3.06. The first-order valence-electron chi connectivity index (χ1n) is 3.50. The molecule has 0 bridgehead atoms.